The number of ether oxygens (including phenoxy) is 1. The first-order valence-electron chi connectivity index (χ1n) is 4.55. The molecule has 4 heteroatoms. The molecule has 1 aliphatic heterocycles. The van der Waals surface area contributed by atoms with Crippen LogP contribution in [0.3, 0.4) is 0 Å². The lowest BCUT2D eigenvalue weighted by molar-refractivity contribution is -0.00195. The molecule has 2 heterocycles. The van der Waals surface area contributed by atoms with Crippen molar-refractivity contribution in [3.05, 3.63) is 21.9 Å². The first-order valence-corrected chi connectivity index (χ1v) is 6.95. The van der Waals surface area contributed by atoms with Gasteiger partial charge >= 0.3 is 5.97 Å². The van der Waals surface area contributed by atoms with Crippen molar-refractivity contribution < 1.29 is 9.53 Å². The van der Waals surface area contributed by atoms with E-state index < -0.39 is 0 Å². The number of hydrogen-bond donors (Lipinski definition) is 0. The van der Waals surface area contributed by atoms with Gasteiger partial charge in [0.05, 0.1) is 10.4 Å². The lowest BCUT2D eigenvalue weighted by Crippen LogP contribution is -2.21. The molecule has 1 aliphatic rings. The monoisotopic (exact) mass is 322 g/mol. The van der Waals surface area contributed by atoms with Crippen molar-refractivity contribution in [1.29, 1.82) is 0 Å². The van der Waals surface area contributed by atoms with Crippen LogP contribution in [-0.2, 0) is 10.3 Å². The highest BCUT2D eigenvalue weighted by atomic mass is 127. The van der Waals surface area contributed by atoms with Crippen LogP contribution in [0.1, 0.15) is 35.0 Å². The Morgan fingerprint density at radius 2 is 2.43 bits per heavy atom. The van der Waals surface area contributed by atoms with Crippen molar-refractivity contribution in [2.75, 3.05) is 4.43 Å². The van der Waals surface area contributed by atoms with Gasteiger partial charge in [-0.1, -0.05) is 22.6 Å². The molecule has 0 saturated heterocycles. The highest BCUT2D eigenvalue weighted by molar-refractivity contribution is 14.1. The van der Waals surface area contributed by atoms with E-state index in [9.17, 15) is 4.79 Å². The maximum Gasteiger partial charge on any atom is 0.340 e. The van der Waals surface area contributed by atoms with Crippen LogP contribution in [-0.4, -0.2) is 10.4 Å². The van der Waals surface area contributed by atoms with Crippen LogP contribution in [0.15, 0.2) is 11.4 Å². The predicted molar refractivity (Wildman–Crippen MR) is 65.2 cm³/mol. The largest absolute Gasteiger partial charge is 0.450 e. The summed E-state index contributed by atoms with van der Waals surface area (Å²) in [6.45, 7) is 2.01. The summed E-state index contributed by atoms with van der Waals surface area (Å²) in [5.74, 6) is -0.155. The Morgan fingerprint density at radius 3 is 3.14 bits per heavy atom. The van der Waals surface area contributed by atoms with Crippen molar-refractivity contribution in [3.8, 4) is 0 Å². The van der Waals surface area contributed by atoms with Crippen LogP contribution in [0.5, 0.6) is 0 Å². The van der Waals surface area contributed by atoms with Crippen molar-refractivity contribution in [2.45, 2.75) is 25.4 Å². The minimum Gasteiger partial charge on any atom is -0.450 e. The van der Waals surface area contributed by atoms with Crippen molar-refractivity contribution >= 4 is 39.9 Å². The second-order valence-electron chi connectivity index (χ2n) is 3.58. The number of thiophene rings is 1. The van der Waals surface area contributed by atoms with E-state index in [0.717, 1.165) is 27.7 Å². The average molecular weight is 322 g/mol. The first kappa shape index (κ1) is 10.4. The minimum atomic E-state index is -0.355. The molecule has 1 aromatic heterocycles. The molecule has 0 N–H and O–H groups in total. The van der Waals surface area contributed by atoms with Crippen LogP contribution in [0.4, 0.5) is 0 Å². The van der Waals surface area contributed by atoms with Gasteiger partial charge in [0.15, 0.2) is 0 Å². The Labute approximate surface area is 101 Å². The van der Waals surface area contributed by atoms with Crippen molar-refractivity contribution in [1.82, 2.24) is 0 Å². The molecule has 2 rings (SSSR count). The number of carbonyl (C=O) groups is 1. The highest BCUT2D eigenvalue weighted by Crippen LogP contribution is 2.42. The van der Waals surface area contributed by atoms with Crippen LogP contribution in [0.2, 0.25) is 0 Å². The number of cyclic esters (lactones) is 1. The van der Waals surface area contributed by atoms with Crippen LogP contribution >= 0.6 is 33.9 Å². The van der Waals surface area contributed by atoms with Gasteiger partial charge in [-0.05, 0) is 35.6 Å². The third-order valence-electron chi connectivity index (χ3n) is 2.47. The van der Waals surface area contributed by atoms with Gasteiger partial charge < -0.3 is 4.74 Å². The quantitative estimate of drug-likeness (QED) is 0.485. The topological polar surface area (TPSA) is 26.3 Å². The minimum absolute atomic E-state index is 0.155. The number of carbonyl (C=O) groups excluding carboxylic acids is 1. The summed E-state index contributed by atoms with van der Waals surface area (Å²) >= 11 is 3.97. The molecule has 0 radical (unpaired) electrons. The molecule has 2 nitrogen and oxygen atoms in total. The fourth-order valence-corrected chi connectivity index (χ4v) is 3.15. The summed E-state index contributed by atoms with van der Waals surface area (Å²) in [5, 5.41) is 1.97. The van der Waals surface area contributed by atoms with E-state index in [0.29, 0.717) is 0 Å². The number of esters is 1. The molecular weight excluding hydrogens is 311 g/mol. The van der Waals surface area contributed by atoms with Gasteiger partial charge in [0, 0.05) is 0 Å². The molecule has 0 aliphatic carbocycles. The Hall–Kier alpha value is -0.100. The fraction of sp³-hybridized carbons (Fsp3) is 0.500. The summed E-state index contributed by atoms with van der Waals surface area (Å²) in [7, 11) is 0. The molecule has 0 saturated carbocycles. The lowest BCUT2D eigenvalue weighted by atomic mass is 9.98. The Kier molecular flexibility index (Phi) is 2.83. The van der Waals surface area contributed by atoms with E-state index in [2.05, 4.69) is 22.6 Å². The zero-order valence-corrected chi connectivity index (χ0v) is 10.9. The van der Waals surface area contributed by atoms with E-state index in [1.807, 2.05) is 18.4 Å². The van der Waals surface area contributed by atoms with Crippen LogP contribution < -0.4 is 0 Å². The molecule has 1 unspecified atom stereocenters. The van der Waals surface area contributed by atoms with E-state index >= 15 is 0 Å². The van der Waals surface area contributed by atoms with E-state index in [-0.39, 0.29) is 11.6 Å². The smallest absolute Gasteiger partial charge is 0.340 e. The van der Waals surface area contributed by atoms with Crippen molar-refractivity contribution in [2.24, 2.45) is 0 Å². The molecule has 76 valence electrons. The lowest BCUT2D eigenvalue weighted by Gasteiger charge is -2.22. The number of alkyl halides is 1. The number of halogens is 1. The van der Waals surface area contributed by atoms with Gasteiger partial charge in [-0.15, -0.1) is 11.3 Å². The summed E-state index contributed by atoms with van der Waals surface area (Å²) in [4.78, 5) is 12.6. The zero-order chi connectivity index (χ0) is 10.2. The van der Waals surface area contributed by atoms with Crippen molar-refractivity contribution in [3.63, 3.8) is 0 Å². The SMILES string of the molecule is CC1(CCCI)OC(=O)c2ccsc21. The maximum atomic E-state index is 11.5. The Balaban J connectivity index is 2.28. The van der Waals surface area contributed by atoms with E-state index in [4.69, 9.17) is 4.74 Å². The summed E-state index contributed by atoms with van der Waals surface area (Å²) in [6, 6.07) is 1.86. The molecule has 0 spiro atoms. The van der Waals surface area contributed by atoms with Gasteiger partial charge in [-0.25, -0.2) is 4.79 Å². The summed E-state index contributed by atoms with van der Waals surface area (Å²) in [5.41, 5.74) is 0.414. The number of fused-ring (bicyclic) bond motifs is 1. The second-order valence-corrected chi connectivity index (χ2v) is 5.57. The standard InChI is InChI=1S/C10H11IO2S/c1-10(4-2-5-11)8-7(3-6-14-8)9(12)13-10/h3,6H,2,4-5H2,1H3. The molecular formula is C10H11IO2S. The molecule has 0 amide bonds. The molecule has 0 aromatic carbocycles. The molecule has 14 heavy (non-hydrogen) atoms. The van der Waals surface area contributed by atoms with Gasteiger partial charge in [0.2, 0.25) is 0 Å². The molecule has 1 aromatic rings. The Morgan fingerprint density at radius 1 is 1.64 bits per heavy atom. The number of rotatable bonds is 3. The maximum absolute atomic E-state index is 11.5. The summed E-state index contributed by atoms with van der Waals surface area (Å²) in [6.07, 6.45) is 2.01. The van der Waals surface area contributed by atoms with Crippen LogP contribution in [0.25, 0.3) is 0 Å². The second kappa shape index (κ2) is 3.81. The fourth-order valence-electron chi connectivity index (χ4n) is 1.75. The van der Waals surface area contributed by atoms with Gasteiger partial charge in [-0.2, -0.15) is 0 Å². The third kappa shape index (κ3) is 1.58. The van der Waals surface area contributed by atoms with E-state index in [1.54, 1.807) is 11.3 Å². The normalized spacial score (nSPS) is 24.9. The van der Waals surface area contributed by atoms with Gasteiger partial charge in [0.25, 0.3) is 0 Å². The zero-order valence-electron chi connectivity index (χ0n) is 7.88. The third-order valence-corrected chi connectivity index (χ3v) is 4.39. The Bertz CT molecular complexity index is 361. The predicted octanol–water partition coefficient (Wildman–Crippen LogP) is 3.35. The molecule has 0 fully saturated rings. The summed E-state index contributed by atoms with van der Waals surface area (Å²) < 4.78 is 6.53. The van der Waals surface area contributed by atoms with Crippen LogP contribution in [0, 0.1) is 0 Å². The molecule has 1 atom stereocenters. The first-order chi connectivity index (χ1) is 6.67. The highest BCUT2D eigenvalue weighted by Gasteiger charge is 2.42. The van der Waals surface area contributed by atoms with Gasteiger partial charge in [-0.3, -0.25) is 0 Å². The molecule has 0 bridgehead atoms. The number of hydrogen-bond acceptors (Lipinski definition) is 3. The van der Waals surface area contributed by atoms with E-state index in [1.165, 1.54) is 0 Å². The van der Waals surface area contributed by atoms with Gasteiger partial charge in [0.1, 0.15) is 5.60 Å². The average Bonchev–Trinajstić information content (AvgIpc) is 2.69.